The van der Waals surface area contributed by atoms with Crippen LogP contribution in [-0.2, 0) is 19.7 Å². The zero-order chi connectivity index (χ0) is 15.1. The second-order valence-electron chi connectivity index (χ2n) is 4.52. The lowest BCUT2D eigenvalue weighted by Gasteiger charge is -2.11. The molecule has 1 unspecified atom stereocenters. The van der Waals surface area contributed by atoms with E-state index in [-0.39, 0.29) is 27.7 Å². The molecule has 110 valence electrons. The number of carboxylic acids is 1. The minimum absolute atomic E-state index is 0.0235. The van der Waals surface area contributed by atoms with E-state index in [0.717, 1.165) is 6.07 Å². The Bertz CT molecular complexity index is 766. The molecule has 0 bridgehead atoms. The third kappa shape index (κ3) is 2.82. The fraction of sp³-hybridized carbons (Fsp3) is 0.364. The summed E-state index contributed by atoms with van der Waals surface area (Å²) in [5.74, 6) is -1.94. The smallest absolute Gasteiger partial charge is 0.337 e. The highest BCUT2D eigenvalue weighted by atomic mass is 35.5. The molecule has 1 fully saturated rings. The van der Waals surface area contributed by atoms with Crippen molar-refractivity contribution in [3.05, 3.63) is 28.8 Å². The largest absolute Gasteiger partial charge is 0.478 e. The van der Waals surface area contributed by atoms with E-state index in [1.165, 1.54) is 12.1 Å². The van der Waals surface area contributed by atoms with E-state index in [1.807, 2.05) is 0 Å². The highest BCUT2D eigenvalue weighted by Crippen LogP contribution is 2.28. The molecule has 1 heterocycles. The number of hydrogen-bond acceptors (Lipinski definition) is 5. The number of halogens is 1. The summed E-state index contributed by atoms with van der Waals surface area (Å²) in [7, 11) is -7.23. The number of carboxylic acid groups (broad SMARTS) is 1. The zero-order valence-corrected chi connectivity index (χ0v) is 12.5. The second kappa shape index (κ2) is 5.01. The van der Waals surface area contributed by atoms with E-state index in [4.69, 9.17) is 16.7 Å². The van der Waals surface area contributed by atoms with Crippen molar-refractivity contribution in [2.45, 2.75) is 16.6 Å². The van der Waals surface area contributed by atoms with Crippen LogP contribution in [0.1, 0.15) is 16.8 Å². The molecule has 1 aliphatic heterocycles. The Kier molecular flexibility index (Phi) is 3.83. The van der Waals surface area contributed by atoms with Crippen molar-refractivity contribution in [1.82, 2.24) is 0 Å². The summed E-state index contributed by atoms with van der Waals surface area (Å²) in [6.07, 6.45) is 0.0235. The third-order valence-electron chi connectivity index (χ3n) is 3.13. The second-order valence-corrected chi connectivity index (χ2v) is 9.38. The summed E-state index contributed by atoms with van der Waals surface area (Å²) in [5, 5.41) is 7.82. The molecule has 1 saturated heterocycles. The molecule has 0 aromatic heterocycles. The van der Waals surface area contributed by atoms with Crippen molar-refractivity contribution in [3.8, 4) is 0 Å². The van der Waals surface area contributed by atoms with Crippen LogP contribution >= 0.6 is 11.6 Å². The third-order valence-corrected chi connectivity index (χ3v) is 7.63. The molecule has 0 spiro atoms. The van der Waals surface area contributed by atoms with Crippen molar-refractivity contribution < 1.29 is 26.7 Å². The molecule has 0 aliphatic carbocycles. The van der Waals surface area contributed by atoms with E-state index in [9.17, 15) is 21.6 Å². The highest BCUT2D eigenvalue weighted by molar-refractivity contribution is 7.96. The van der Waals surface area contributed by atoms with E-state index < -0.39 is 36.6 Å². The SMILES string of the molecule is O=C(O)c1cc(S(=O)(=O)C2CCS(=O)(=O)C2)ccc1Cl. The summed E-state index contributed by atoms with van der Waals surface area (Å²) in [6.45, 7) is 0. The van der Waals surface area contributed by atoms with Gasteiger partial charge in [-0.25, -0.2) is 21.6 Å². The van der Waals surface area contributed by atoms with Gasteiger partial charge in [-0.3, -0.25) is 0 Å². The molecule has 0 amide bonds. The molecule has 1 aromatic carbocycles. The van der Waals surface area contributed by atoms with Gasteiger partial charge in [0.05, 0.1) is 32.2 Å². The number of rotatable bonds is 3. The molecule has 9 heteroatoms. The Labute approximate surface area is 121 Å². The van der Waals surface area contributed by atoms with Crippen molar-refractivity contribution >= 4 is 37.2 Å². The predicted molar refractivity (Wildman–Crippen MR) is 72.7 cm³/mol. The van der Waals surface area contributed by atoms with Crippen LogP contribution in [0.25, 0.3) is 0 Å². The maximum Gasteiger partial charge on any atom is 0.337 e. The van der Waals surface area contributed by atoms with E-state index in [0.29, 0.717) is 0 Å². The van der Waals surface area contributed by atoms with Crippen LogP contribution in [-0.4, -0.2) is 44.7 Å². The Morgan fingerprint density at radius 2 is 2.00 bits per heavy atom. The van der Waals surface area contributed by atoms with Gasteiger partial charge in [0, 0.05) is 0 Å². The van der Waals surface area contributed by atoms with Gasteiger partial charge in [0.25, 0.3) is 0 Å². The molecular weight excluding hydrogens is 328 g/mol. The molecule has 0 radical (unpaired) electrons. The van der Waals surface area contributed by atoms with Crippen molar-refractivity contribution in [1.29, 1.82) is 0 Å². The van der Waals surface area contributed by atoms with Gasteiger partial charge in [-0.15, -0.1) is 0 Å². The summed E-state index contributed by atoms with van der Waals surface area (Å²) in [4.78, 5) is 10.7. The Hall–Kier alpha value is -1.12. The molecule has 1 aliphatic rings. The monoisotopic (exact) mass is 338 g/mol. The van der Waals surface area contributed by atoms with Crippen molar-refractivity contribution in [2.75, 3.05) is 11.5 Å². The van der Waals surface area contributed by atoms with Gasteiger partial charge < -0.3 is 5.11 Å². The van der Waals surface area contributed by atoms with Crippen molar-refractivity contribution in [3.63, 3.8) is 0 Å². The molecule has 6 nitrogen and oxygen atoms in total. The quantitative estimate of drug-likeness (QED) is 0.881. The zero-order valence-electron chi connectivity index (χ0n) is 10.1. The lowest BCUT2D eigenvalue weighted by atomic mass is 10.2. The maximum atomic E-state index is 12.3. The van der Waals surface area contributed by atoms with E-state index in [1.54, 1.807) is 0 Å². The predicted octanol–water partition coefficient (Wildman–Crippen LogP) is 0.999. The summed E-state index contributed by atoms with van der Waals surface area (Å²) in [5.41, 5.74) is -0.325. The van der Waals surface area contributed by atoms with Gasteiger partial charge in [-0.1, -0.05) is 11.6 Å². The number of hydrogen-bond donors (Lipinski definition) is 1. The molecular formula is C11H11ClO6S2. The number of aromatic carboxylic acids is 1. The van der Waals surface area contributed by atoms with Crippen molar-refractivity contribution in [2.24, 2.45) is 0 Å². The van der Waals surface area contributed by atoms with Crippen LogP contribution in [0.3, 0.4) is 0 Å². The highest BCUT2D eigenvalue weighted by Gasteiger charge is 2.38. The summed E-state index contributed by atoms with van der Waals surface area (Å²) in [6, 6.07) is 3.33. The van der Waals surface area contributed by atoms with Gasteiger partial charge in [-0.05, 0) is 24.6 Å². The first-order chi connectivity index (χ1) is 9.13. The van der Waals surface area contributed by atoms with E-state index in [2.05, 4.69) is 0 Å². The standard InChI is InChI=1S/C11H11ClO6S2/c12-10-2-1-7(5-9(10)11(13)14)20(17,18)8-3-4-19(15,16)6-8/h1-2,5,8H,3-4,6H2,(H,13,14). The van der Waals surface area contributed by atoms with Gasteiger partial charge in [0.2, 0.25) is 0 Å². The van der Waals surface area contributed by atoms with Gasteiger partial charge >= 0.3 is 5.97 Å². The molecule has 20 heavy (non-hydrogen) atoms. The number of carbonyl (C=O) groups is 1. The van der Waals surface area contributed by atoms with Crippen LogP contribution in [0, 0.1) is 0 Å². The van der Waals surface area contributed by atoms with Crippen LogP contribution in [0.15, 0.2) is 23.1 Å². The minimum atomic E-state index is -3.88. The molecule has 2 rings (SSSR count). The Morgan fingerprint density at radius 3 is 2.50 bits per heavy atom. The first-order valence-electron chi connectivity index (χ1n) is 5.61. The van der Waals surface area contributed by atoms with Gasteiger partial charge in [0.1, 0.15) is 0 Å². The lowest BCUT2D eigenvalue weighted by molar-refractivity contribution is 0.0697. The fourth-order valence-electron chi connectivity index (χ4n) is 2.04. The van der Waals surface area contributed by atoms with Crippen LogP contribution in [0.2, 0.25) is 5.02 Å². The lowest BCUT2D eigenvalue weighted by Crippen LogP contribution is -2.23. The maximum absolute atomic E-state index is 12.3. The molecule has 1 N–H and O–H groups in total. The summed E-state index contributed by atoms with van der Waals surface area (Å²) < 4.78 is 47.4. The topological polar surface area (TPSA) is 106 Å². The average molecular weight is 339 g/mol. The molecule has 1 atom stereocenters. The Balaban J connectivity index is 2.46. The van der Waals surface area contributed by atoms with Crippen LogP contribution < -0.4 is 0 Å². The van der Waals surface area contributed by atoms with Gasteiger partial charge in [-0.2, -0.15) is 0 Å². The minimum Gasteiger partial charge on any atom is -0.478 e. The van der Waals surface area contributed by atoms with Gasteiger partial charge in [0.15, 0.2) is 19.7 Å². The summed E-state index contributed by atoms with van der Waals surface area (Å²) >= 11 is 5.67. The molecule has 0 saturated carbocycles. The average Bonchev–Trinajstić information content (AvgIpc) is 2.70. The Morgan fingerprint density at radius 1 is 1.35 bits per heavy atom. The van der Waals surface area contributed by atoms with E-state index >= 15 is 0 Å². The normalized spacial score (nSPS) is 21.8. The van der Waals surface area contributed by atoms with Crippen LogP contribution in [0.4, 0.5) is 0 Å². The fourth-order valence-corrected chi connectivity index (χ4v) is 6.63. The number of sulfone groups is 2. The first kappa shape index (κ1) is 15.3. The first-order valence-corrected chi connectivity index (χ1v) is 9.35. The number of benzene rings is 1. The molecule has 1 aromatic rings. The van der Waals surface area contributed by atoms with Crippen LogP contribution in [0.5, 0.6) is 0 Å².